The van der Waals surface area contributed by atoms with Crippen LogP contribution in [0.15, 0.2) is 27.8 Å². The quantitative estimate of drug-likeness (QED) is 0.382. The molecule has 0 spiro atoms. The maximum atomic E-state index is 14.7. The molecule has 0 N–H and O–H groups in total. The lowest BCUT2D eigenvalue weighted by Crippen LogP contribution is -2.65. The summed E-state index contributed by atoms with van der Waals surface area (Å²) in [7, 11) is 0. The van der Waals surface area contributed by atoms with E-state index in [0.29, 0.717) is 0 Å². The summed E-state index contributed by atoms with van der Waals surface area (Å²) >= 11 is 0. The molecule has 1 aromatic heterocycles. The number of allylic oxidation sites excluding steroid dienone is 4. The fraction of sp³-hybridized carbons (Fsp3) is 0.743. The van der Waals surface area contributed by atoms with Crippen molar-refractivity contribution in [2.75, 3.05) is 0 Å². The Morgan fingerprint density at radius 2 is 1.73 bits per heavy atom. The summed E-state index contributed by atoms with van der Waals surface area (Å²) < 4.78 is 6.05. The van der Waals surface area contributed by atoms with E-state index in [4.69, 9.17) is 9.51 Å². The number of Topliss-reactive ketones (excluding diaryl/α,β-unsaturated/α-hetero) is 1. The molecule has 6 nitrogen and oxygen atoms in total. The molecule has 7 atom stereocenters. The van der Waals surface area contributed by atoms with Crippen LogP contribution in [0.3, 0.4) is 0 Å². The molecule has 6 heteroatoms. The Morgan fingerprint density at radius 1 is 1.02 bits per heavy atom. The minimum absolute atomic E-state index is 0.0542. The molecule has 3 fully saturated rings. The molecule has 0 aromatic carbocycles. The highest BCUT2D eigenvalue weighted by atomic mass is 16.5. The number of aromatic nitrogens is 2. The van der Waals surface area contributed by atoms with Crippen molar-refractivity contribution in [1.29, 1.82) is 5.26 Å². The number of nitrogens with zero attached hydrogens (tertiary/aromatic N) is 3. The molecular formula is C35H47N3O3. The average molecular weight is 558 g/mol. The molecule has 5 aliphatic carbocycles. The molecule has 5 aliphatic rings. The van der Waals surface area contributed by atoms with Gasteiger partial charge in [-0.2, -0.15) is 10.2 Å². The predicted octanol–water partition coefficient (Wildman–Crippen LogP) is 7.49. The SMILES string of the molecule is CCCc1noc([C@]23CCC(C)(C)C[C@H]2[C@H]2C(=O)C=C4[C@@]5(C)C=C(C#N)C(=O)C(C)(C)[C@@H]5CC[C@@]4(C)[C@]2(C)CC3)n1. The van der Waals surface area contributed by atoms with Crippen LogP contribution in [0.4, 0.5) is 0 Å². The van der Waals surface area contributed by atoms with Crippen molar-refractivity contribution >= 4 is 11.6 Å². The van der Waals surface area contributed by atoms with Gasteiger partial charge in [-0.25, -0.2) is 0 Å². The Labute approximate surface area is 245 Å². The minimum Gasteiger partial charge on any atom is -0.339 e. The lowest BCUT2D eigenvalue weighted by molar-refractivity contribution is -0.161. The van der Waals surface area contributed by atoms with E-state index >= 15 is 0 Å². The van der Waals surface area contributed by atoms with Gasteiger partial charge in [0.1, 0.15) is 6.07 Å². The second kappa shape index (κ2) is 8.74. The van der Waals surface area contributed by atoms with Gasteiger partial charge in [0.2, 0.25) is 5.89 Å². The van der Waals surface area contributed by atoms with Crippen molar-refractivity contribution in [3.63, 3.8) is 0 Å². The maximum Gasteiger partial charge on any atom is 0.233 e. The van der Waals surface area contributed by atoms with Crippen molar-refractivity contribution in [1.82, 2.24) is 10.1 Å². The number of hydrogen-bond acceptors (Lipinski definition) is 6. The molecule has 0 unspecified atom stereocenters. The summed E-state index contributed by atoms with van der Waals surface area (Å²) in [6.07, 6.45) is 12.4. The number of carbonyl (C=O) groups is 2. The van der Waals surface area contributed by atoms with E-state index in [1.54, 1.807) is 0 Å². The van der Waals surface area contributed by atoms with Gasteiger partial charge in [0.15, 0.2) is 17.4 Å². The van der Waals surface area contributed by atoms with Gasteiger partial charge in [-0.3, -0.25) is 9.59 Å². The zero-order chi connectivity index (χ0) is 29.8. The van der Waals surface area contributed by atoms with Crippen LogP contribution in [0.1, 0.15) is 118 Å². The van der Waals surface area contributed by atoms with E-state index in [-0.39, 0.29) is 56.6 Å². The van der Waals surface area contributed by atoms with E-state index in [0.717, 1.165) is 75.1 Å². The summed E-state index contributed by atoms with van der Waals surface area (Å²) in [5.41, 5.74) is -0.390. The van der Waals surface area contributed by atoms with Gasteiger partial charge in [0.25, 0.3) is 0 Å². The normalized spacial score (nSPS) is 42.6. The number of aryl methyl sites for hydroxylation is 1. The van der Waals surface area contributed by atoms with Crippen LogP contribution in [0.25, 0.3) is 0 Å². The standard InChI is InChI=1S/C35H47N3O3/c1-9-10-26-37-29(41-38-26)35-15-13-30(2,3)19-22(35)27-23(39)17-25-32(6)18-21(20-36)28(40)31(4,5)24(32)11-12-33(25,7)34(27,8)14-16-35/h17-18,22,24,27H,9-16,19H2,1-8H3/t22-,24-,27-,32-,33+,34+,35-/m0/s1. The van der Waals surface area contributed by atoms with Crippen LogP contribution in [0.5, 0.6) is 0 Å². The summed E-state index contributed by atoms with van der Waals surface area (Å²) in [5, 5.41) is 14.3. The molecular weight excluding hydrogens is 510 g/mol. The zero-order valence-electron chi connectivity index (χ0n) is 26.3. The van der Waals surface area contributed by atoms with E-state index in [9.17, 15) is 14.9 Å². The van der Waals surface area contributed by atoms with Crippen molar-refractivity contribution < 1.29 is 14.1 Å². The largest absolute Gasteiger partial charge is 0.339 e. The Morgan fingerprint density at radius 3 is 2.41 bits per heavy atom. The van der Waals surface area contributed by atoms with Gasteiger partial charge in [-0.15, -0.1) is 0 Å². The second-order valence-corrected chi connectivity index (χ2v) is 16.2. The maximum absolute atomic E-state index is 14.7. The predicted molar refractivity (Wildman–Crippen MR) is 156 cm³/mol. The first-order valence-corrected chi connectivity index (χ1v) is 15.9. The number of ketones is 2. The zero-order valence-corrected chi connectivity index (χ0v) is 26.3. The molecule has 3 saturated carbocycles. The first-order valence-electron chi connectivity index (χ1n) is 15.9. The van der Waals surface area contributed by atoms with Crippen molar-refractivity contribution in [3.05, 3.63) is 35.0 Å². The third kappa shape index (κ3) is 3.59. The van der Waals surface area contributed by atoms with E-state index in [2.05, 4.69) is 52.8 Å². The van der Waals surface area contributed by atoms with Gasteiger partial charge in [0.05, 0.1) is 11.0 Å². The van der Waals surface area contributed by atoms with E-state index in [1.165, 1.54) is 0 Å². The Bertz CT molecular complexity index is 1420. The fourth-order valence-corrected chi connectivity index (χ4v) is 10.8. The Kier molecular flexibility index (Phi) is 6.09. The van der Waals surface area contributed by atoms with Crippen LogP contribution in [0.2, 0.25) is 0 Å². The Hall–Kier alpha value is -2.55. The molecule has 0 amide bonds. The van der Waals surface area contributed by atoms with Crippen molar-refractivity contribution in [2.45, 2.75) is 119 Å². The molecule has 1 heterocycles. The molecule has 1 aromatic rings. The molecule has 0 bridgehead atoms. The van der Waals surface area contributed by atoms with Gasteiger partial charge in [-0.1, -0.05) is 72.2 Å². The van der Waals surface area contributed by atoms with E-state index < -0.39 is 10.8 Å². The number of rotatable bonds is 3. The van der Waals surface area contributed by atoms with Crippen LogP contribution in [-0.2, 0) is 21.4 Å². The third-order valence-electron chi connectivity index (χ3n) is 13.2. The summed E-state index contributed by atoms with van der Waals surface area (Å²) in [6, 6.07) is 2.21. The fourth-order valence-electron chi connectivity index (χ4n) is 10.8. The van der Waals surface area contributed by atoms with Crippen LogP contribution in [-0.4, -0.2) is 21.7 Å². The number of nitriles is 1. The molecule has 41 heavy (non-hydrogen) atoms. The minimum atomic E-state index is -0.652. The number of hydrogen-bond donors (Lipinski definition) is 0. The highest BCUT2D eigenvalue weighted by Gasteiger charge is 2.70. The van der Waals surface area contributed by atoms with Gasteiger partial charge >= 0.3 is 0 Å². The van der Waals surface area contributed by atoms with Gasteiger partial charge in [-0.05, 0) is 85.5 Å². The molecule has 6 rings (SSSR count). The third-order valence-corrected chi connectivity index (χ3v) is 13.2. The van der Waals surface area contributed by atoms with Crippen LogP contribution < -0.4 is 0 Å². The Balaban J connectivity index is 1.51. The van der Waals surface area contributed by atoms with Crippen molar-refractivity contribution in [3.8, 4) is 6.07 Å². The second-order valence-electron chi connectivity index (χ2n) is 16.2. The van der Waals surface area contributed by atoms with Gasteiger partial charge < -0.3 is 4.52 Å². The topological polar surface area (TPSA) is 96.9 Å². The first kappa shape index (κ1) is 28.6. The smallest absolute Gasteiger partial charge is 0.233 e. The highest BCUT2D eigenvalue weighted by Crippen LogP contribution is 2.74. The molecule has 220 valence electrons. The molecule has 0 saturated heterocycles. The average Bonchev–Trinajstić information content (AvgIpc) is 3.37. The monoisotopic (exact) mass is 557 g/mol. The summed E-state index contributed by atoms with van der Waals surface area (Å²) in [5.74, 6) is 1.72. The van der Waals surface area contributed by atoms with Crippen molar-refractivity contribution in [2.24, 2.45) is 44.8 Å². The van der Waals surface area contributed by atoms with Gasteiger partial charge in [0, 0.05) is 23.2 Å². The van der Waals surface area contributed by atoms with Crippen LogP contribution in [0, 0.1) is 56.2 Å². The molecule has 0 aliphatic heterocycles. The number of carbonyl (C=O) groups excluding carboxylic acids is 2. The van der Waals surface area contributed by atoms with E-state index in [1.807, 2.05) is 26.0 Å². The lowest BCUT2D eigenvalue weighted by atomic mass is 9.34. The summed E-state index contributed by atoms with van der Waals surface area (Å²) in [4.78, 5) is 32.9. The highest BCUT2D eigenvalue weighted by molar-refractivity contribution is 6.04. The summed E-state index contributed by atoms with van der Waals surface area (Å²) in [6.45, 7) is 17.8. The number of fused-ring (bicyclic) bond motifs is 7. The molecule has 0 radical (unpaired) electrons. The lowest BCUT2D eigenvalue weighted by Gasteiger charge is -2.68. The first-order chi connectivity index (χ1) is 19.1. The van der Waals surface area contributed by atoms with Crippen LogP contribution >= 0.6 is 0 Å².